The van der Waals surface area contributed by atoms with E-state index in [0.717, 1.165) is 16.1 Å². The van der Waals surface area contributed by atoms with Crippen molar-refractivity contribution in [2.24, 2.45) is 0 Å². The smallest absolute Gasteiger partial charge is 0.251 e. The van der Waals surface area contributed by atoms with Crippen LogP contribution in [-0.4, -0.2) is 64.1 Å². The summed E-state index contributed by atoms with van der Waals surface area (Å²) < 4.78 is 40.8. The Labute approximate surface area is 226 Å². The number of hydrogen-bond acceptors (Lipinski definition) is 9. The Morgan fingerprint density at radius 2 is 1.79 bits per heavy atom. The summed E-state index contributed by atoms with van der Waals surface area (Å²) in [5.74, 6) is -0.793. The number of nitrogens with one attached hydrogen (secondary N) is 2. The third-order valence-corrected chi connectivity index (χ3v) is 8.55. The molecule has 38 heavy (non-hydrogen) atoms. The molecule has 0 saturated carbocycles. The van der Waals surface area contributed by atoms with E-state index in [1.54, 1.807) is 16.1 Å². The maximum Gasteiger partial charge on any atom is 0.251 e. The Morgan fingerprint density at radius 3 is 2.42 bits per heavy atom. The third-order valence-electron chi connectivity index (χ3n) is 5.10. The number of rotatable bonds is 10. The molecule has 11 nitrogen and oxygen atoms in total. The number of aromatic nitrogens is 4. The van der Waals surface area contributed by atoms with Gasteiger partial charge in [0.2, 0.25) is 15.9 Å². The van der Waals surface area contributed by atoms with Gasteiger partial charge < -0.3 is 10.6 Å². The highest BCUT2D eigenvalue weighted by Crippen LogP contribution is 2.23. The second-order valence-corrected chi connectivity index (χ2v) is 11.9. The second-order valence-electron chi connectivity index (χ2n) is 7.88. The zero-order valence-electron chi connectivity index (χ0n) is 20.2. The quantitative estimate of drug-likeness (QED) is 0.275. The summed E-state index contributed by atoms with van der Waals surface area (Å²) >= 11 is 2.42. The SMILES string of the molecule is CN(C)S(=O)(=O)c1ccc(C(=O)NCc2nnc(SCC(=O)Nc3nccs3)n2-c2ccc(F)cc2)cc1. The van der Waals surface area contributed by atoms with Gasteiger partial charge in [-0.2, -0.15) is 0 Å². The highest BCUT2D eigenvalue weighted by atomic mass is 32.2. The molecule has 0 atom stereocenters. The first-order chi connectivity index (χ1) is 18.1. The van der Waals surface area contributed by atoms with Crippen molar-refractivity contribution in [3.05, 3.63) is 77.3 Å². The van der Waals surface area contributed by atoms with Crippen LogP contribution in [-0.2, 0) is 21.4 Å². The molecule has 2 aromatic carbocycles. The maximum absolute atomic E-state index is 13.6. The van der Waals surface area contributed by atoms with Crippen LogP contribution in [0.3, 0.4) is 0 Å². The van der Waals surface area contributed by atoms with Crippen molar-refractivity contribution in [1.29, 1.82) is 0 Å². The fourth-order valence-corrected chi connectivity index (χ4v) is 5.40. The molecule has 4 rings (SSSR count). The lowest BCUT2D eigenvalue weighted by Crippen LogP contribution is -2.25. The van der Waals surface area contributed by atoms with E-state index in [9.17, 15) is 22.4 Å². The van der Waals surface area contributed by atoms with Crippen LogP contribution in [0.1, 0.15) is 16.2 Å². The van der Waals surface area contributed by atoms with Crippen molar-refractivity contribution in [3.8, 4) is 5.69 Å². The van der Waals surface area contributed by atoms with Crippen molar-refractivity contribution in [2.45, 2.75) is 16.6 Å². The molecular formula is C23H22FN7O4S3. The molecule has 0 spiro atoms. The molecule has 0 bridgehead atoms. The largest absolute Gasteiger partial charge is 0.345 e. The number of halogens is 1. The molecule has 0 aliphatic carbocycles. The molecule has 0 aliphatic rings. The number of thiazole rings is 1. The third kappa shape index (κ3) is 6.42. The Hall–Kier alpha value is -3.66. The minimum absolute atomic E-state index is 0.0213. The Balaban J connectivity index is 1.49. The number of thioether (sulfide) groups is 1. The molecule has 4 aromatic rings. The van der Waals surface area contributed by atoms with Crippen LogP contribution in [0, 0.1) is 5.82 Å². The van der Waals surface area contributed by atoms with Gasteiger partial charge >= 0.3 is 0 Å². The number of sulfonamides is 1. The lowest BCUT2D eigenvalue weighted by atomic mass is 10.2. The van der Waals surface area contributed by atoms with E-state index in [1.807, 2.05) is 0 Å². The van der Waals surface area contributed by atoms with E-state index in [2.05, 4.69) is 25.8 Å². The summed E-state index contributed by atoms with van der Waals surface area (Å²) in [7, 11) is -0.771. The van der Waals surface area contributed by atoms with Crippen LogP contribution in [0.15, 0.2) is 70.2 Å². The first-order valence-corrected chi connectivity index (χ1v) is 14.3. The number of benzene rings is 2. The summed E-state index contributed by atoms with van der Waals surface area (Å²) in [5.41, 5.74) is 0.797. The van der Waals surface area contributed by atoms with Crippen LogP contribution >= 0.6 is 23.1 Å². The predicted molar refractivity (Wildman–Crippen MR) is 141 cm³/mol. The number of nitrogens with zero attached hydrogens (tertiary/aromatic N) is 5. The van der Waals surface area contributed by atoms with Crippen molar-refractivity contribution < 1.29 is 22.4 Å². The van der Waals surface area contributed by atoms with Gasteiger partial charge in [0, 0.05) is 36.9 Å². The number of amides is 2. The molecule has 2 aromatic heterocycles. The topological polar surface area (TPSA) is 139 Å². The standard InChI is InChI=1S/C23H22FN7O4S3/c1-30(2)38(34,35)18-9-3-15(4-10-18)21(33)26-13-19-28-29-23(31(19)17-7-5-16(24)6-8-17)37-14-20(32)27-22-25-11-12-36-22/h3-12H,13-14H2,1-2H3,(H,26,33)(H,25,27,32). The van der Waals surface area contributed by atoms with Crippen LogP contribution in [0.2, 0.25) is 0 Å². The zero-order chi connectivity index (χ0) is 27.3. The van der Waals surface area contributed by atoms with Gasteiger partial charge in [0.15, 0.2) is 16.1 Å². The number of carbonyl (C=O) groups excluding carboxylic acids is 2. The summed E-state index contributed by atoms with van der Waals surface area (Å²) in [5, 5.41) is 16.3. The minimum atomic E-state index is -3.62. The molecule has 0 saturated heterocycles. The van der Waals surface area contributed by atoms with Gasteiger partial charge in [-0.1, -0.05) is 11.8 Å². The van der Waals surface area contributed by atoms with Crippen LogP contribution in [0.4, 0.5) is 9.52 Å². The summed E-state index contributed by atoms with van der Waals surface area (Å²) in [6.07, 6.45) is 1.58. The average Bonchev–Trinajstić information content (AvgIpc) is 3.56. The van der Waals surface area contributed by atoms with Gasteiger partial charge in [0.05, 0.1) is 17.2 Å². The Bertz CT molecular complexity index is 1520. The van der Waals surface area contributed by atoms with Gasteiger partial charge in [-0.05, 0) is 48.5 Å². The lowest BCUT2D eigenvalue weighted by molar-refractivity contribution is -0.113. The molecule has 0 fully saturated rings. The van der Waals surface area contributed by atoms with E-state index < -0.39 is 21.7 Å². The van der Waals surface area contributed by atoms with Crippen LogP contribution < -0.4 is 10.6 Å². The molecule has 0 radical (unpaired) electrons. The number of hydrogen-bond donors (Lipinski definition) is 2. The summed E-state index contributed by atoms with van der Waals surface area (Å²) in [6.45, 7) is -0.0349. The maximum atomic E-state index is 13.6. The zero-order valence-corrected chi connectivity index (χ0v) is 22.6. The summed E-state index contributed by atoms with van der Waals surface area (Å²) in [4.78, 5) is 29.1. The molecular weight excluding hydrogens is 553 g/mol. The average molecular weight is 576 g/mol. The second kappa shape index (κ2) is 11.8. The van der Waals surface area contributed by atoms with Crippen molar-refractivity contribution >= 4 is 50.1 Å². The highest BCUT2D eigenvalue weighted by molar-refractivity contribution is 7.99. The van der Waals surface area contributed by atoms with Gasteiger partial charge in [0.1, 0.15) is 5.82 Å². The molecule has 2 N–H and O–H groups in total. The minimum Gasteiger partial charge on any atom is -0.345 e. The Kier molecular flexibility index (Phi) is 8.51. The molecule has 15 heteroatoms. The molecule has 0 aliphatic heterocycles. The van der Waals surface area contributed by atoms with Gasteiger partial charge in [0.25, 0.3) is 5.91 Å². The highest BCUT2D eigenvalue weighted by Gasteiger charge is 2.19. The lowest BCUT2D eigenvalue weighted by Gasteiger charge is -2.12. The molecule has 0 unspecified atom stereocenters. The molecule has 2 amide bonds. The fourth-order valence-electron chi connectivity index (χ4n) is 3.18. The van der Waals surface area contributed by atoms with E-state index >= 15 is 0 Å². The van der Waals surface area contributed by atoms with Gasteiger partial charge in [-0.15, -0.1) is 21.5 Å². The normalized spacial score (nSPS) is 11.5. The summed E-state index contributed by atoms with van der Waals surface area (Å²) in [6, 6.07) is 11.2. The van der Waals surface area contributed by atoms with Crippen LogP contribution in [0.5, 0.6) is 0 Å². The van der Waals surface area contributed by atoms with Gasteiger partial charge in [-0.3, -0.25) is 14.2 Å². The number of carbonyl (C=O) groups is 2. The van der Waals surface area contributed by atoms with E-state index in [-0.39, 0.29) is 28.7 Å². The van der Waals surface area contributed by atoms with Crippen molar-refractivity contribution in [2.75, 3.05) is 25.2 Å². The van der Waals surface area contributed by atoms with Crippen molar-refractivity contribution in [1.82, 2.24) is 29.4 Å². The van der Waals surface area contributed by atoms with E-state index in [1.165, 1.54) is 74.0 Å². The van der Waals surface area contributed by atoms with Crippen molar-refractivity contribution in [3.63, 3.8) is 0 Å². The monoisotopic (exact) mass is 575 g/mol. The van der Waals surface area contributed by atoms with Crippen LogP contribution in [0.25, 0.3) is 5.69 Å². The first-order valence-electron chi connectivity index (χ1n) is 11.0. The molecule has 2 heterocycles. The predicted octanol–water partition coefficient (Wildman–Crippen LogP) is 2.77. The fraction of sp³-hybridized carbons (Fsp3) is 0.174. The molecule has 198 valence electrons. The first kappa shape index (κ1) is 27.4. The Morgan fingerprint density at radius 1 is 1.08 bits per heavy atom. The van der Waals surface area contributed by atoms with Gasteiger partial charge in [-0.25, -0.2) is 22.1 Å². The van der Waals surface area contributed by atoms with E-state index in [0.29, 0.717) is 21.8 Å². The number of anilines is 1. The van der Waals surface area contributed by atoms with E-state index in [4.69, 9.17) is 0 Å².